The second-order valence-electron chi connectivity index (χ2n) is 4.53. The van der Waals surface area contributed by atoms with Crippen molar-refractivity contribution in [1.82, 2.24) is 9.38 Å². The molecule has 0 atom stereocenters. The molecule has 0 amide bonds. The molecule has 3 rings (SSSR count). The molecule has 2 aromatic heterocycles. The molecule has 0 unspecified atom stereocenters. The third-order valence-corrected chi connectivity index (χ3v) is 3.28. The zero-order valence-corrected chi connectivity index (χ0v) is 11.4. The van der Waals surface area contributed by atoms with E-state index in [1.54, 1.807) is 6.92 Å². The third kappa shape index (κ3) is 2.22. The lowest BCUT2D eigenvalue weighted by Gasteiger charge is -2.28. The number of fused-ring (bicyclic) bond motifs is 1. The van der Waals surface area contributed by atoms with E-state index in [1.165, 1.54) is 0 Å². The molecule has 6 nitrogen and oxygen atoms in total. The lowest BCUT2D eigenvalue weighted by atomic mass is 10.3. The number of rotatable bonds is 3. The molecule has 0 spiro atoms. The van der Waals surface area contributed by atoms with Crippen LogP contribution in [0.3, 0.4) is 0 Å². The maximum Gasteiger partial charge on any atom is 0.360 e. The lowest BCUT2D eigenvalue weighted by molar-refractivity contribution is 0.0520. The quantitative estimate of drug-likeness (QED) is 0.791. The fourth-order valence-corrected chi connectivity index (χ4v) is 2.40. The fraction of sp³-hybridized carbons (Fsp3) is 0.429. The van der Waals surface area contributed by atoms with E-state index in [1.807, 2.05) is 28.8 Å². The first-order valence-electron chi connectivity index (χ1n) is 6.78. The molecule has 1 aliphatic heterocycles. The molecule has 1 fully saturated rings. The van der Waals surface area contributed by atoms with E-state index in [9.17, 15) is 4.79 Å². The van der Waals surface area contributed by atoms with Crippen LogP contribution in [0.5, 0.6) is 0 Å². The Labute approximate surface area is 116 Å². The molecule has 2 aromatic rings. The largest absolute Gasteiger partial charge is 0.461 e. The van der Waals surface area contributed by atoms with Gasteiger partial charge in [0, 0.05) is 19.3 Å². The van der Waals surface area contributed by atoms with Crippen LogP contribution in [0.15, 0.2) is 24.4 Å². The maximum atomic E-state index is 12.1. The number of ether oxygens (including phenoxy) is 2. The topological polar surface area (TPSA) is 56.1 Å². The lowest BCUT2D eigenvalue weighted by Crippen LogP contribution is -2.37. The SMILES string of the molecule is CCOC(=O)c1nc2ccccn2c1N1CCOCC1. The summed E-state index contributed by atoms with van der Waals surface area (Å²) in [6.07, 6.45) is 1.91. The number of pyridine rings is 1. The number of anilines is 1. The first-order valence-corrected chi connectivity index (χ1v) is 6.78. The van der Waals surface area contributed by atoms with Crippen molar-refractivity contribution in [3.8, 4) is 0 Å². The zero-order chi connectivity index (χ0) is 13.9. The number of aromatic nitrogens is 2. The van der Waals surface area contributed by atoms with Gasteiger partial charge in [-0.2, -0.15) is 0 Å². The molecular formula is C14H17N3O3. The maximum absolute atomic E-state index is 12.1. The first kappa shape index (κ1) is 12.9. The summed E-state index contributed by atoms with van der Waals surface area (Å²) in [6.45, 7) is 4.94. The summed E-state index contributed by atoms with van der Waals surface area (Å²) in [5.41, 5.74) is 1.12. The van der Waals surface area contributed by atoms with Gasteiger partial charge in [-0.1, -0.05) is 6.07 Å². The predicted octanol–water partition coefficient (Wildman–Crippen LogP) is 1.35. The van der Waals surface area contributed by atoms with Crippen molar-refractivity contribution in [3.05, 3.63) is 30.1 Å². The average Bonchev–Trinajstić information content (AvgIpc) is 2.88. The number of carbonyl (C=O) groups excluding carboxylic acids is 1. The zero-order valence-electron chi connectivity index (χ0n) is 11.4. The monoisotopic (exact) mass is 275 g/mol. The second kappa shape index (κ2) is 5.50. The van der Waals surface area contributed by atoms with E-state index < -0.39 is 0 Å². The molecule has 0 aromatic carbocycles. The highest BCUT2D eigenvalue weighted by atomic mass is 16.5. The van der Waals surface area contributed by atoms with Crippen molar-refractivity contribution in [3.63, 3.8) is 0 Å². The van der Waals surface area contributed by atoms with Gasteiger partial charge < -0.3 is 14.4 Å². The van der Waals surface area contributed by atoms with E-state index in [2.05, 4.69) is 9.88 Å². The minimum Gasteiger partial charge on any atom is -0.461 e. The summed E-state index contributed by atoms with van der Waals surface area (Å²) < 4.78 is 12.4. The molecule has 0 saturated carbocycles. The van der Waals surface area contributed by atoms with Gasteiger partial charge in [-0.05, 0) is 19.1 Å². The number of morpholine rings is 1. The van der Waals surface area contributed by atoms with Crippen LogP contribution < -0.4 is 4.90 Å². The van der Waals surface area contributed by atoms with Crippen LogP contribution in [0.1, 0.15) is 17.4 Å². The van der Waals surface area contributed by atoms with Gasteiger partial charge >= 0.3 is 5.97 Å². The summed E-state index contributed by atoms with van der Waals surface area (Å²) in [5, 5.41) is 0. The molecule has 1 saturated heterocycles. The Morgan fingerprint density at radius 1 is 1.40 bits per heavy atom. The van der Waals surface area contributed by atoms with Crippen LogP contribution in [0.4, 0.5) is 5.82 Å². The highest BCUT2D eigenvalue weighted by molar-refractivity contribution is 5.94. The summed E-state index contributed by atoms with van der Waals surface area (Å²) in [7, 11) is 0. The molecule has 6 heteroatoms. The Hall–Kier alpha value is -2.08. The number of hydrogen-bond donors (Lipinski definition) is 0. The van der Waals surface area contributed by atoms with Crippen LogP contribution in [-0.4, -0.2) is 48.3 Å². The van der Waals surface area contributed by atoms with Gasteiger partial charge in [0.2, 0.25) is 0 Å². The molecule has 1 aliphatic rings. The van der Waals surface area contributed by atoms with Gasteiger partial charge in [0.15, 0.2) is 5.69 Å². The third-order valence-electron chi connectivity index (χ3n) is 3.28. The van der Waals surface area contributed by atoms with Crippen LogP contribution in [0.2, 0.25) is 0 Å². The smallest absolute Gasteiger partial charge is 0.360 e. The van der Waals surface area contributed by atoms with Gasteiger partial charge in [0.25, 0.3) is 0 Å². The minimum absolute atomic E-state index is 0.343. The van der Waals surface area contributed by atoms with E-state index in [4.69, 9.17) is 9.47 Å². The van der Waals surface area contributed by atoms with Gasteiger partial charge in [-0.25, -0.2) is 9.78 Å². The molecular weight excluding hydrogens is 258 g/mol. The standard InChI is InChI=1S/C14H17N3O3/c1-2-20-14(18)12-13(16-7-9-19-10-8-16)17-6-4-3-5-11(17)15-12/h3-6H,2,7-10H2,1H3. The fourth-order valence-electron chi connectivity index (χ4n) is 2.40. The van der Waals surface area contributed by atoms with Crippen LogP contribution in [-0.2, 0) is 9.47 Å². The summed E-state index contributed by atoms with van der Waals surface area (Å²) in [5.74, 6) is 0.417. The van der Waals surface area contributed by atoms with Crippen LogP contribution >= 0.6 is 0 Å². The van der Waals surface area contributed by atoms with E-state index in [0.29, 0.717) is 25.5 Å². The van der Waals surface area contributed by atoms with Crippen molar-refractivity contribution < 1.29 is 14.3 Å². The van der Waals surface area contributed by atoms with Crippen LogP contribution in [0.25, 0.3) is 5.65 Å². The van der Waals surface area contributed by atoms with Gasteiger partial charge in [-0.3, -0.25) is 4.40 Å². The number of nitrogens with zero attached hydrogens (tertiary/aromatic N) is 3. The van der Waals surface area contributed by atoms with Gasteiger partial charge in [-0.15, -0.1) is 0 Å². The highest BCUT2D eigenvalue weighted by Crippen LogP contribution is 2.24. The second-order valence-corrected chi connectivity index (χ2v) is 4.53. The molecule has 0 radical (unpaired) electrons. The Morgan fingerprint density at radius 2 is 2.20 bits per heavy atom. The van der Waals surface area contributed by atoms with Crippen molar-refractivity contribution >= 4 is 17.4 Å². The normalized spacial score (nSPS) is 15.6. The molecule has 0 N–H and O–H groups in total. The van der Waals surface area contributed by atoms with Gasteiger partial charge in [0.05, 0.1) is 19.8 Å². The van der Waals surface area contributed by atoms with Crippen molar-refractivity contribution in [2.45, 2.75) is 6.92 Å². The number of imidazole rings is 1. The Morgan fingerprint density at radius 3 is 2.95 bits per heavy atom. The van der Waals surface area contributed by atoms with E-state index in [-0.39, 0.29) is 5.97 Å². The summed E-state index contributed by atoms with van der Waals surface area (Å²) in [6, 6.07) is 5.71. The number of carbonyl (C=O) groups is 1. The number of hydrogen-bond acceptors (Lipinski definition) is 5. The molecule has 20 heavy (non-hydrogen) atoms. The first-order chi connectivity index (χ1) is 9.81. The predicted molar refractivity (Wildman–Crippen MR) is 74.2 cm³/mol. The van der Waals surface area contributed by atoms with Crippen molar-refractivity contribution in [1.29, 1.82) is 0 Å². The minimum atomic E-state index is -0.377. The Balaban J connectivity index is 2.09. The molecule has 0 aliphatic carbocycles. The molecule has 3 heterocycles. The Kier molecular flexibility index (Phi) is 3.56. The highest BCUT2D eigenvalue weighted by Gasteiger charge is 2.25. The van der Waals surface area contributed by atoms with Crippen molar-refractivity contribution in [2.24, 2.45) is 0 Å². The van der Waals surface area contributed by atoms with Gasteiger partial charge in [0.1, 0.15) is 11.5 Å². The van der Waals surface area contributed by atoms with E-state index >= 15 is 0 Å². The number of esters is 1. The summed E-state index contributed by atoms with van der Waals surface area (Å²) >= 11 is 0. The Bertz CT molecular complexity index is 617. The van der Waals surface area contributed by atoms with Crippen LogP contribution in [0, 0.1) is 0 Å². The summed E-state index contributed by atoms with van der Waals surface area (Å²) in [4.78, 5) is 18.7. The average molecular weight is 275 g/mol. The van der Waals surface area contributed by atoms with Crippen molar-refractivity contribution in [2.75, 3.05) is 37.8 Å². The molecule has 0 bridgehead atoms. The molecule has 106 valence electrons. The van der Waals surface area contributed by atoms with E-state index in [0.717, 1.165) is 24.6 Å².